The van der Waals surface area contributed by atoms with Crippen LogP contribution in [0.3, 0.4) is 0 Å². The molecule has 0 aromatic heterocycles. The van der Waals surface area contributed by atoms with E-state index in [1.807, 2.05) is 7.05 Å². The molecule has 2 nitrogen and oxygen atoms in total. The van der Waals surface area contributed by atoms with Crippen LogP contribution in [0.4, 0.5) is 0 Å². The van der Waals surface area contributed by atoms with Crippen molar-refractivity contribution in [3.05, 3.63) is 35.4 Å². The van der Waals surface area contributed by atoms with Crippen LogP contribution in [0.5, 0.6) is 0 Å². The van der Waals surface area contributed by atoms with E-state index in [4.69, 9.17) is 0 Å². The van der Waals surface area contributed by atoms with Gasteiger partial charge in [-0.3, -0.25) is 0 Å². The summed E-state index contributed by atoms with van der Waals surface area (Å²) in [6, 6.07) is 8.53. The Balaban J connectivity index is 2.41. The lowest BCUT2D eigenvalue weighted by atomic mass is 10.1. The van der Waals surface area contributed by atoms with E-state index in [1.54, 1.807) is 0 Å². The SMILES string of the molecule is CNCNCc1cccc(C)c1. The lowest BCUT2D eigenvalue weighted by Crippen LogP contribution is -2.25. The molecule has 0 saturated carbocycles. The fraction of sp³-hybridized carbons (Fsp3) is 0.400. The van der Waals surface area contributed by atoms with E-state index in [1.165, 1.54) is 11.1 Å². The van der Waals surface area contributed by atoms with Crippen LogP contribution in [0.25, 0.3) is 0 Å². The van der Waals surface area contributed by atoms with E-state index >= 15 is 0 Å². The summed E-state index contributed by atoms with van der Waals surface area (Å²) in [6.45, 7) is 3.90. The number of nitrogens with one attached hydrogen (secondary N) is 2. The summed E-state index contributed by atoms with van der Waals surface area (Å²) >= 11 is 0. The molecule has 66 valence electrons. The average Bonchev–Trinajstić information content (AvgIpc) is 2.05. The minimum atomic E-state index is 0.855. The standard InChI is InChI=1S/C10H16N2/c1-9-4-3-5-10(6-9)7-12-8-11-2/h3-6,11-12H,7-8H2,1-2H3. The van der Waals surface area contributed by atoms with Crippen LogP contribution >= 0.6 is 0 Å². The van der Waals surface area contributed by atoms with Gasteiger partial charge in [0.1, 0.15) is 0 Å². The minimum Gasteiger partial charge on any atom is -0.308 e. The quantitative estimate of drug-likeness (QED) is 0.517. The second-order valence-electron chi connectivity index (χ2n) is 2.95. The van der Waals surface area contributed by atoms with E-state index in [0.717, 1.165) is 13.2 Å². The smallest absolute Gasteiger partial charge is 0.0454 e. The largest absolute Gasteiger partial charge is 0.308 e. The zero-order valence-corrected chi connectivity index (χ0v) is 7.72. The first-order chi connectivity index (χ1) is 5.83. The predicted octanol–water partition coefficient (Wildman–Crippen LogP) is 1.26. The van der Waals surface area contributed by atoms with Crippen molar-refractivity contribution in [3.8, 4) is 0 Å². The Morgan fingerprint density at radius 1 is 1.33 bits per heavy atom. The Morgan fingerprint density at radius 2 is 2.17 bits per heavy atom. The summed E-state index contributed by atoms with van der Waals surface area (Å²) in [7, 11) is 1.93. The molecule has 0 saturated heterocycles. The zero-order chi connectivity index (χ0) is 8.81. The molecular weight excluding hydrogens is 148 g/mol. The van der Waals surface area contributed by atoms with Gasteiger partial charge in [0.05, 0.1) is 0 Å². The fourth-order valence-corrected chi connectivity index (χ4v) is 1.15. The van der Waals surface area contributed by atoms with Crippen LogP contribution in [0.1, 0.15) is 11.1 Å². The predicted molar refractivity (Wildman–Crippen MR) is 51.9 cm³/mol. The Morgan fingerprint density at radius 3 is 2.83 bits per heavy atom. The summed E-state index contributed by atoms with van der Waals surface area (Å²) in [5.74, 6) is 0. The lowest BCUT2D eigenvalue weighted by Gasteiger charge is -2.04. The second kappa shape index (κ2) is 4.91. The van der Waals surface area contributed by atoms with Gasteiger partial charge in [0.2, 0.25) is 0 Å². The molecule has 12 heavy (non-hydrogen) atoms. The first kappa shape index (κ1) is 9.23. The highest BCUT2D eigenvalue weighted by atomic mass is 15.0. The van der Waals surface area contributed by atoms with E-state index in [2.05, 4.69) is 41.8 Å². The molecule has 2 N–H and O–H groups in total. The zero-order valence-electron chi connectivity index (χ0n) is 7.72. The summed E-state index contributed by atoms with van der Waals surface area (Å²) in [5, 5.41) is 6.31. The maximum Gasteiger partial charge on any atom is 0.0454 e. The van der Waals surface area contributed by atoms with Gasteiger partial charge in [-0.1, -0.05) is 29.8 Å². The van der Waals surface area contributed by atoms with E-state index < -0.39 is 0 Å². The summed E-state index contributed by atoms with van der Waals surface area (Å²) < 4.78 is 0. The first-order valence-electron chi connectivity index (χ1n) is 4.24. The highest BCUT2D eigenvalue weighted by molar-refractivity contribution is 5.21. The van der Waals surface area contributed by atoms with Crippen molar-refractivity contribution in [3.63, 3.8) is 0 Å². The molecule has 0 aliphatic carbocycles. The number of hydrogen-bond donors (Lipinski definition) is 2. The number of aryl methyl sites for hydroxylation is 1. The average molecular weight is 164 g/mol. The molecule has 1 aromatic carbocycles. The van der Waals surface area contributed by atoms with E-state index in [0.29, 0.717) is 0 Å². The van der Waals surface area contributed by atoms with Gasteiger partial charge in [-0.25, -0.2) is 0 Å². The molecular formula is C10H16N2. The Hall–Kier alpha value is -0.860. The van der Waals surface area contributed by atoms with Crippen LogP contribution in [0, 0.1) is 6.92 Å². The van der Waals surface area contributed by atoms with Crippen molar-refractivity contribution in [2.75, 3.05) is 13.7 Å². The highest BCUT2D eigenvalue weighted by Crippen LogP contribution is 2.02. The van der Waals surface area contributed by atoms with Crippen LogP contribution in [-0.2, 0) is 6.54 Å². The van der Waals surface area contributed by atoms with Crippen LogP contribution in [0.15, 0.2) is 24.3 Å². The molecule has 0 heterocycles. The van der Waals surface area contributed by atoms with Gasteiger partial charge < -0.3 is 10.6 Å². The molecule has 0 unspecified atom stereocenters. The molecule has 0 fully saturated rings. The molecule has 0 radical (unpaired) electrons. The normalized spacial score (nSPS) is 10.2. The van der Waals surface area contributed by atoms with Gasteiger partial charge in [-0.05, 0) is 19.5 Å². The minimum absolute atomic E-state index is 0.855. The monoisotopic (exact) mass is 164 g/mol. The van der Waals surface area contributed by atoms with E-state index in [-0.39, 0.29) is 0 Å². The van der Waals surface area contributed by atoms with Crippen molar-refractivity contribution >= 4 is 0 Å². The Bertz CT molecular complexity index is 233. The van der Waals surface area contributed by atoms with Crippen molar-refractivity contribution in [1.29, 1.82) is 0 Å². The molecule has 0 bridgehead atoms. The van der Waals surface area contributed by atoms with Gasteiger partial charge in [-0.15, -0.1) is 0 Å². The lowest BCUT2D eigenvalue weighted by molar-refractivity contribution is 0.631. The van der Waals surface area contributed by atoms with Crippen molar-refractivity contribution in [1.82, 2.24) is 10.6 Å². The van der Waals surface area contributed by atoms with Crippen LogP contribution < -0.4 is 10.6 Å². The molecule has 0 aliphatic rings. The molecule has 0 spiro atoms. The first-order valence-corrected chi connectivity index (χ1v) is 4.24. The second-order valence-corrected chi connectivity index (χ2v) is 2.95. The van der Waals surface area contributed by atoms with Gasteiger partial charge in [0, 0.05) is 13.2 Å². The summed E-state index contributed by atoms with van der Waals surface area (Å²) in [6.07, 6.45) is 0. The van der Waals surface area contributed by atoms with E-state index in [9.17, 15) is 0 Å². The molecule has 1 rings (SSSR count). The molecule has 0 aliphatic heterocycles. The van der Waals surface area contributed by atoms with Gasteiger partial charge in [-0.2, -0.15) is 0 Å². The number of rotatable bonds is 4. The van der Waals surface area contributed by atoms with Gasteiger partial charge in [0.15, 0.2) is 0 Å². The van der Waals surface area contributed by atoms with Crippen molar-refractivity contribution in [2.45, 2.75) is 13.5 Å². The van der Waals surface area contributed by atoms with Crippen molar-refractivity contribution in [2.24, 2.45) is 0 Å². The van der Waals surface area contributed by atoms with Gasteiger partial charge >= 0.3 is 0 Å². The fourth-order valence-electron chi connectivity index (χ4n) is 1.15. The molecule has 0 amide bonds. The third kappa shape index (κ3) is 3.03. The third-order valence-electron chi connectivity index (χ3n) is 1.71. The maximum absolute atomic E-state index is 3.27. The summed E-state index contributed by atoms with van der Waals surface area (Å²) in [4.78, 5) is 0. The van der Waals surface area contributed by atoms with Crippen LogP contribution in [-0.4, -0.2) is 13.7 Å². The van der Waals surface area contributed by atoms with Crippen LogP contribution in [0.2, 0.25) is 0 Å². The van der Waals surface area contributed by atoms with Gasteiger partial charge in [0.25, 0.3) is 0 Å². The third-order valence-corrected chi connectivity index (χ3v) is 1.71. The molecule has 2 heteroatoms. The summed E-state index contributed by atoms with van der Waals surface area (Å²) in [5.41, 5.74) is 2.66. The molecule has 0 atom stereocenters. The number of benzene rings is 1. The van der Waals surface area contributed by atoms with Crippen molar-refractivity contribution < 1.29 is 0 Å². The maximum atomic E-state index is 3.27. The number of hydrogen-bond acceptors (Lipinski definition) is 2. The highest BCUT2D eigenvalue weighted by Gasteiger charge is 1.90. The Kier molecular flexibility index (Phi) is 3.77. The molecule has 1 aromatic rings. The Labute approximate surface area is 74.0 Å². The topological polar surface area (TPSA) is 24.1 Å².